The normalized spacial score (nSPS) is 25.7. The lowest BCUT2D eigenvalue weighted by atomic mass is 9.96. The summed E-state index contributed by atoms with van der Waals surface area (Å²) in [5.74, 6) is -1.86. The van der Waals surface area contributed by atoms with Gasteiger partial charge in [-0.1, -0.05) is 6.07 Å². The van der Waals surface area contributed by atoms with E-state index in [9.17, 15) is 18.7 Å². The van der Waals surface area contributed by atoms with Crippen molar-refractivity contribution >= 4 is 5.91 Å². The minimum absolute atomic E-state index is 0.0514. The zero-order valence-corrected chi connectivity index (χ0v) is 11.2. The average Bonchev–Trinajstić information content (AvgIpc) is 2.71. The maximum Gasteiger partial charge on any atom is 0.224 e. The lowest BCUT2D eigenvalue weighted by Crippen LogP contribution is -2.47. The Morgan fingerprint density at radius 2 is 2.30 bits per heavy atom. The smallest absolute Gasteiger partial charge is 0.224 e. The molecule has 0 aromatic heterocycles. The molecule has 0 bridgehead atoms. The lowest BCUT2D eigenvalue weighted by molar-refractivity contribution is -0.122. The number of carbonyl (C=O) groups excluding carboxylic acids is 1. The fourth-order valence-electron chi connectivity index (χ4n) is 2.16. The molecule has 2 atom stereocenters. The third kappa shape index (κ3) is 3.32. The van der Waals surface area contributed by atoms with Crippen LogP contribution in [-0.4, -0.2) is 35.9 Å². The Labute approximate surface area is 115 Å². The molecular weight excluding hydrogens is 268 g/mol. The quantitative estimate of drug-likeness (QED) is 0.873. The van der Waals surface area contributed by atoms with E-state index in [-0.39, 0.29) is 24.6 Å². The van der Waals surface area contributed by atoms with Gasteiger partial charge in [0, 0.05) is 25.6 Å². The van der Waals surface area contributed by atoms with Crippen molar-refractivity contribution in [3.8, 4) is 0 Å². The first kappa shape index (κ1) is 14.9. The van der Waals surface area contributed by atoms with Gasteiger partial charge < -0.3 is 15.2 Å². The number of hydrogen-bond acceptors (Lipinski definition) is 3. The van der Waals surface area contributed by atoms with Crippen LogP contribution in [0.5, 0.6) is 0 Å². The van der Waals surface area contributed by atoms with Crippen molar-refractivity contribution in [1.82, 2.24) is 5.32 Å². The summed E-state index contributed by atoms with van der Waals surface area (Å²) in [7, 11) is 0. The first-order chi connectivity index (χ1) is 9.40. The van der Waals surface area contributed by atoms with Crippen LogP contribution in [-0.2, 0) is 16.0 Å². The first-order valence-electron chi connectivity index (χ1n) is 6.45. The van der Waals surface area contributed by atoms with Gasteiger partial charge in [-0.2, -0.15) is 0 Å². The number of hydrogen-bond donors (Lipinski definition) is 2. The van der Waals surface area contributed by atoms with Crippen LogP contribution in [0.3, 0.4) is 0 Å². The zero-order valence-electron chi connectivity index (χ0n) is 11.2. The standard InChI is InChI=1S/C14H17F2NO3/c1-9-14(19,4-5-20-9)8-17-13(18)6-10-2-3-11(15)7-12(10)16/h2-3,7,9,19H,4-6,8H2,1H3,(H,17,18). The summed E-state index contributed by atoms with van der Waals surface area (Å²) >= 11 is 0. The van der Waals surface area contributed by atoms with Gasteiger partial charge in [0.05, 0.1) is 12.5 Å². The van der Waals surface area contributed by atoms with E-state index < -0.39 is 23.1 Å². The molecule has 2 unspecified atom stereocenters. The largest absolute Gasteiger partial charge is 0.385 e. The van der Waals surface area contributed by atoms with Crippen molar-refractivity contribution in [3.05, 3.63) is 35.4 Å². The molecule has 0 radical (unpaired) electrons. The number of amides is 1. The molecule has 1 amide bonds. The van der Waals surface area contributed by atoms with Gasteiger partial charge in [-0.25, -0.2) is 8.78 Å². The van der Waals surface area contributed by atoms with E-state index in [0.29, 0.717) is 13.0 Å². The second kappa shape index (κ2) is 5.85. The third-order valence-electron chi connectivity index (χ3n) is 3.62. The van der Waals surface area contributed by atoms with Crippen LogP contribution in [0.15, 0.2) is 18.2 Å². The Morgan fingerprint density at radius 3 is 2.90 bits per heavy atom. The van der Waals surface area contributed by atoms with E-state index in [1.54, 1.807) is 6.92 Å². The van der Waals surface area contributed by atoms with Crippen LogP contribution in [0.25, 0.3) is 0 Å². The second-order valence-electron chi connectivity index (χ2n) is 5.06. The van der Waals surface area contributed by atoms with Crippen LogP contribution in [0.4, 0.5) is 8.78 Å². The molecule has 1 fully saturated rings. The molecule has 1 aromatic rings. The van der Waals surface area contributed by atoms with Crippen molar-refractivity contribution in [2.75, 3.05) is 13.2 Å². The highest BCUT2D eigenvalue weighted by Gasteiger charge is 2.39. The van der Waals surface area contributed by atoms with Crippen molar-refractivity contribution in [1.29, 1.82) is 0 Å². The molecule has 20 heavy (non-hydrogen) atoms. The van der Waals surface area contributed by atoms with E-state index in [4.69, 9.17) is 4.74 Å². The van der Waals surface area contributed by atoms with Crippen LogP contribution in [0, 0.1) is 11.6 Å². The summed E-state index contributed by atoms with van der Waals surface area (Å²) in [5.41, 5.74) is -0.969. The third-order valence-corrected chi connectivity index (χ3v) is 3.62. The fourth-order valence-corrected chi connectivity index (χ4v) is 2.16. The van der Waals surface area contributed by atoms with Gasteiger partial charge in [-0.15, -0.1) is 0 Å². The van der Waals surface area contributed by atoms with Gasteiger partial charge in [0.1, 0.15) is 17.2 Å². The number of aliphatic hydroxyl groups is 1. The molecule has 6 heteroatoms. The van der Waals surface area contributed by atoms with E-state index in [1.807, 2.05) is 0 Å². The van der Waals surface area contributed by atoms with Crippen molar-refractivity contribution in [3.63, 3.8) is 0 Å². The maximum absolute atomic E-state index is 13.4. The summed E-state index contributed by atoms with van der Waals surface area (Å²) in [4.78, 5) is 11.7. The van der Waals surface area contributed by atoms with Gasteiger partial charge >= 0.3 is 0 Å². The molecule has 0 saturated carbocycles. The molecule has 110 valence electrons. The van der Waals surface area contributed by atoms with E-state index >= 15 is 0 Å². The minimum atomic E-state index is -1.09. The van der Waals surface area contributed by atoms with Crippen molar-refractivity contribution in [2.24, 2.45) is 0 Å². The van der Waals surface area contributed by atoms with Gasteiger partial charge in [0.2, 0.25) is 5.91 Å². The highest BCUT2D eigenvalue weighted by atomic mass is 19.1. The molecule has 0 aliphatic carbocycles. The van der Waals surface area contributed by atoms with Gasteiger partial charge in [0.15, 0.2) is 0 Å². The van der Waals surface area contributed by atoms with Gasteiger partial charge in [0.25, 0.3) is 0 Å². The molecule has 1 aromatic carbocycles. The Hall–Kier alpha value is -1.53. The summed E-state index contributed by atoms with van der Waals surface area (Å²) in [6, 6.07) is 3.08. The molecule has 2 rings (SSSR count). The maximum atomic E-state index is 13.4. The van der Waals surface area contributed by atoms with E-state index in [0.717, 1.165) is 12.1 Å². The fraction of sp³-hybridized carbons (Fsp3) is 0.500. The molecule has 1 aliphatic rings. The number of rotatable bonds is 4. The predicted molar refractivity (Wildman–Crippen MR) is 68.1 cm³/mol. The number of halogens is 2. The molecule has 2 N–H and O–H groups in total. The summed E-state index contributed by atoms with van der Waals surface area (Å²) in [6.45, 7) is 2.23. The van der Waals surface area contributed by atoms with E-state index in [1.165, 1.54) is 6.07 Å². The Bertz CT molecular complexity index is 509. The first-order valence-corrected chi connectivity index (χ1v) is 6.45. The molecule has 1 saturated heterocycles. The summed E-state index contributed by atoms with van der Waals surface area (Å²) < 4.78 is 31.4. The monoisotopic (exact) mass is 285 g/mol. The molecule has 1 heterocycles. The number of benzene rings is 1. The van der Waals surface area contributed by atoms with Gasteiger partial charge in [-0.05, 0) is 18.6 Å². The predicted octanol–water partition coefficient (Wildman–Crippen LogP) is 1.16. The lowest BCUT2D eigenvalue weighted by Gasteiger charge is -2.26. The van der Waals surface area contributed by atoms with E-state index in [2.05, 4.69) is 5.32 Å². The number of nitrogens with one attached hydrogen (secondary N) is 1. The van der Waals surface area contributed by atoms with Gasteiger partial charge in [-0.3, -0.25) is 4.79 Å². The van der Waals surface area contributed by atoms with Crippen LogP contribution >= 0.6 is 0 Å². The van der Waals surface area contributed by atoms with Crippen molar-refractivity contribution < 1.29 is 23.4 Å². The minimum Gasteiger partial charge on any atom is -0.385 e. The number of carbonyl (C=O) groups is 1. The Balaban J connectivity index is 1.89. The van der Waals surface area contributed by atoms with Crippen LogP contribution in [0.1, 0.15) is 18.9 Å². The van der Waals surface area contributed by atoms with Crippen LogP contribution in [0.2, 0.25) is 0 Å². The van der Waals surface area contributed by atoms with Crippen LogP contribution < -0.4 is 5.32 Å². The van der Waals surface area contributed by atoms with Crippen molar-refractivity contribution in [2.45, 2.75) is 31.5 Å². The molecule has 1 aliphatic heterocycles. The number of ether oxygens (including phenoxy) is 1. The highest BCUT2D eigenvalue weighted by Crippen LogP contribution is 2.24. The Kier molecular flexibility index (Phi) is 4.35. The summed E-state index contributed by atoms with van der Waals surface area (Å²) in [6.07, 6.45) is -0.109. The zero-order chi connectivity index (χ0) is 14.8. The SMILES string of the molecule is CC1OCCC1(O)CNC(=O)Cc1ccc(F)cc1F. The average molecular weight is 285 g/mol. The molecular formula is C14H17F2NO3. The molecule has 4 nitrogen and oxygen atoms in total. The Morgan fingerprint density at radius 1 is 1.55 bits per heavy atom. The second-order valence-corrected chi connectivity index (χ2v) is 5.06. The topological polar surface area (TPSA) is 58.6 Å². The summed E-state index contributed by atoms with van der Waals surface area (Å²) in [5, 5.41) is 12.8. The molecule has 0 spiro atoms. The highest BCUT2D eigenvalue weighted by molar-refractivity contribution is 5.78.